The van der Waals surface area contributed by atoms with E-state index in [0.717, 1.165) is 0 Å². The molecule has 0 saturated carbocycles. The molecule has 0 bridgehead atoms. The first kappa shape index (κ1) is 9.43. The van der Waals surface area contributed by atoms with Gasteiger partial charge in [-0.15, -0.1) is 0 Å². The van der Waals surface area contributed by atoms with Crippen molar-refractivity contribution in [1.29, 1.82) is 0 Å². The molecule has 0 fully saturated rings. The van der Waals surface area contributed by atoms with Crippen molar-refractivity contribution in [3.05, 3.63) is 6.92 Å². The number of carbonyl (C=O) groups excluding carboxylic acids is 1. The number of aliphatic hydroxyl groups is 1. The Morgan fingerprint density at radius 2 is 2.40 bits per heavy atom. The molecule has 1 amide bonds. The highest BCUT2D eigenvalue weighted by molar-refractivity contribution is 5.75. The quantitative estimate of drug-likeness (QED) is 0.588. The monoisotopic (exact) mass is 144 g/mol. The second-order valence-corrected chi connectivity index (χ2v) is 2.15. The third-order valence-electron chi connectivity index (χ3n) is 1.32. The van der Waals surface area contributed by atoms with Gasteiger partial charge in [0.25, 0.3) is 0 Å². The molecule has 0 aliphatic rings. The Morgan fingerprint density at radius 1 is 1.80 bits per heavy atom. The lowest BCUT2D eigenvalue weighted by atomic mass is 10.1. The van der Waals surface area contributed by atoms with E-state index in [-0.39, 0.29) is 5.91 Å². The lowest BCUT2D eigenvalue weighted by molar-refractivity contribution is -0.121. The molecule has 59 valence electrons. The van der Waals surface area contributed by atoms with Crippen LogP contribution in [-0.4, -0.2) is 24.2 Å². The lowest BCUT2D eigenvalue weighted by Crippen LogP contribution is -2.19. The summed E-state index contributed by atoms with van der Waals surface area (Å²) >= 11 is 0. The van der Waals surface area contributed by atoms with Gasteiger partial charge in [-0.1, -0.05) is 6.92 Å². The molecule has 1 radical (unpaired) electrons. The fraction of sp³-hybridized carbons (Fsp3) is 0.714. The van der Waals surface area contributed by atoms with Crippen LogP contribution in [0.1, 0.15) is 19.3 Å². The number of carbonyl (C=O) groups is 1. The van der Waals surface area contributed by atoms with Crippen LogP contribution in [-0.2, 0) is 4.79 Å². The Morgan fingerprint density at radius 3 is 2.80 bits per heavy atom. The average Bonchev–Trinajstić information content (AvgIpc) is 1.99. The first-order valence-electron chi connectivity index (χ1n) is 3.38. The maximum absolute atomic E-state index is 10.6. The summed E-state index contributed by atoms with van der Waals surface area (Å²) in [6.07, 6.45) is 0.921. The van der Waals surface area contributed by atoms with Gasteiger partial charge in [-0.3, -0.25) is 4.79 Å². The van der Waals surface area contributed by atoms with Crippen LogP contribution in [0.5, 0.6) is 0 Å². The Bertz CT molecular complexity index is 104. The molecule has 0 spiro atoms. The molecule has 0 aromatic rings. The van der Waals surface area contributed by atoms with Crippen LogP contribution in [0.25, 0.3) is 0 Å². The van der Waals surface area contributed by atoms with E-state index in [2.05, 4.69) is 12.2 Å². The Kier molecular flexibility index (Phi) is 4.94. The normalized spacial score (nSPS) is 12.7. The minimum Gasteiger partial charge on any atom is -0.393 e. The van der Waals surface area contributed by atoms with Crippen LogP contribution in [0.2, 0.25) is 0 Å². The molecular formula is C7H14NO2. The molecule has 0 aromatic heterocycles. The summed E-state index contributed by atoms with van der Waals surface area (Å²) in [4.78, 5) is 10.6. The summed E-state index contributed by atoms with van der Waals surface area (Å²) in [7, 11) is 1.58. The van der Waals surface area contributed by atoms with E-state index in [1.165, 1.54) is 0 Å². The van der Waals surface area contributed by atoms with E-state index in [9.17, 15) is 4.79 Å². The molecule has 0 rings (SSSR count). The van der Waals surface area contributed by atoms with E-state index in [1.54, 1.807) is 7.05 Å². The van der Waals surface area contributed by atoms with E-state index in [1.807, 2.05) is 0 Å². The molecule has 2 N–H and O–H groups in total. The van der Waals surface area contributed by atoms with Crippen molar-refractivity contribution < 1.29 is 9.90 Å². The number of hydrogen-bond acceptors (Lipinski definition) is 2. The topological polar surface area (TPSA) is 49.3 Å². The second kappa shape index (κ2) is 5.23. The number of nitrogens with one attached hydrogen (secondary N) is 1. The van der Waals surface area contributed by atoms with Crippen LogP contribution < -0.4 is 5.32 Å². The van der Waals surface area contributed by atoms with Crippen molar-refractivity contribution in [2.24, 2.45) is 0 Å². The summed E-state index contributed by atoms with van der Waals surface area (Å²) in [5.41, 5.74) is 0. The van der Waals surface area contributed by atoms with Gasteiger partial charge in [0.2, 0.25) is 5.91 Å². The van der Waals surface area contributed by atoms with Gasteiger partial charge in [-0.25, -0.2) is 0 Å². The molecule has 0 aromatic carbocycles. The third kappa shape index (κ3) is 4.32. The van der Waals surface area contributed by atoms with Crippen molar-refractivity contribution in [2.45, 2.75) is 25.4 Å². The predicted molar refractivity (Wildman–Crippen MR) is 39.3 cm³/mol. The number of rotatable bonds is 4. The maximum Gasteiger partial charge on any atom is 0.219 e. The smallest absolute Gasteiger partial charge is 0.219 e. The van der Waals surface area contributed by atoms with Crippen LogP contribution >= 0.6 is 0 Å². The Labute approximate surface area is 61.4 Å². The fourth-order valence-electron chi connectivity index (χ4n) is 0.567. The van der Waals surface area contributed by atoms with Gasteiger partial charge in [0.1, 0.15) is 0 Å². The number of hydrogen-bond donors (Lipinski definition) is 2. The Balaban J connectivity index is 3.26. The molecule has 3 nitrogen and oxygen atoms in total. The molecular weight excluding hydrogens is 130 g/mol. The van der Waals surface area contributed by atoms with E-state index >= 15 is 0 Å². The van der Waals surface area contributed by atoms with Gasteiger partial charge >= 0.3 is 0 Å². The SMILES string of the molecule is [CH2]CC(O)CCC(=O)NC. The van der Waals surface area contributed by atoms with Gasteiger partial charge in [0, 0.05) is 13.5 Å². The predicted octanol–water partition coefficient (Wildman–Crippen LogP) is 0.0977. The van der Waals surface area contributed by atoms with Crippen LogP contribution in [0.4, 0.5) is 0 Å². The van der Waals surface area contributed by atoms with Crippen molar-refractivity contribution in [3.63, 3.8) is 0 Å². The molecule has 3 heteroatoms. The third-order valence-corrected chi connectivity index (χ3v) is 1.32. The first-order chi connectivity index (χ1) is 4.70. The van der Waals surface area contributed by atoms with Crippen molar-refractivity contribution in [1.82, 2.24) is 5.32 Å². The van der Waals surface area contributed by atoms with Crippen LogP contribution in [0.3, 0.4) is 0 Å². The molecule has 0 aliphatic heterocycles. The van der Waals surface area contributed by atoms with Crippen molar-refractivity contribution in [2.75, 3.05) is 7.05 Å². The number of aliphatic hydroxyl groups excluding tert-OH is 1. The molecule has 1 atom stereocenters. The summed E-state index contributed by atoms with van der Waals surface area (Å²) in [5, 5.41) is 11.4. The molecule has 0 saturated heterocycles. The van der Waals surface area contributed by atoms with Crippen molar-refractivity contribution >= 4 is 5.91 Å². The Hall–Kier alpha value is -0.570. The summed E-state index contributed by atoms with van der Waals surface area (Å²) < 4.78 is 0. The molecule has 10 heavy (non-hydrogen) atoms. The fourth-order valence-corrected chi connectivity index (χ4v) is 0.567. The highest BCUT2D eigenvalue weighted by Crippen LogP contribution is 1.99. The molecule has 1 unspecified atom stereocenters. The van der Waals surface area contributed by atoms with Gasteiger partial charge in [0.15, 0.2) is 0 Å². The number of amides is 1. The van der Waals surface area contributed by atoms with Gasteiger partial charge in [-0.2, -0.15) is 0 Å². The average molecular weight is 144 g/mol. The first-order valence-corrected chi connectivity index (χ1v) is 3.38. The lowest BCUT2D eigenvalue weighted by Gasteiger charge is -2.04. The van der Waals surface area contributed by atoms with Crippen LogP contribution in [0.15, 0.2) is 0 Å². The highest BCUT2D eigenvalue weighted by Gasteiger charge is 2.03. The minimum atomic E-state index is -0.433. The molecule has 0 aliphatic carbocycles. The minimum absolute atomic E-state index is 0.0347. The highest BCUT2D eigenvalue weighted by atomic mass is 16.3. The summed E-state index contributed by atoms with van der Waals surface area (Å²) in [5.74, 6) is -0.0347. The maximum atomic E-state index is 10.6. The van der Waals surface area contributed by atoms with Crippen molar-refractivity contribution in [3.8, 4) is 0 Å². The largest absolute Gasteiger partial charge is 0.393 e. The van der Waals surface area contributed by atoms with Gasteiger partial charge < -0.3 is 10.4 Å². The van der Waals surface area contributed by atoms with E-state index < -0.39 is 6.10 Å². The van der Waals surface area contributed by atoms with Gasteiger partial charge in [-0.05, 0) is 12.8 Å². The zero-order valence-electron chi connectivity index (χ0n) is 6.26. The van der Waals surface area contributed by atoms with E-state index in [4.69, 9.17) is 5.11 Å². The zero-order chi connectivity index (χ0) is 7.98. The molecule has 0 heterocycles. The summed E-state index contributed by atoms with van der Waals surface area (Å²) in [6.45, 7) is 3.51. The van der Waals surface area contributed by atoms with Crippen LogP contribution in [0, 0.1) is 6.92 Å². The zero-order valence-corrected chi connectivity index (χ0v) is 6.26. The second-order valence-electron chi connectivity index (χ2n) is 2.15. The van der Waals surface area contributed by atoms with E-state index in [0.29, 0.717) is 19.3 Å². The van der Waals surface area contributed by atoms with Gasteiger partial charge in [0.05, 0.1) is 6.10 Å². The standard InChI is InChI=1S/C7H14NO2/c1-3-6(9)4-5-7(10)8-2/h6,9H,1,3-5H2,2H3,(H,8,10). The summed E-state index contributed by atoms with van der Waals surface area (Å²) in [6, 6.07) is 0.